The molecule has 3 rings (SSSR count). The van der Waals surface area contributed by atoms with Crippen LogP contribution in [0.1, 0.15) is 37.3 Å². The fraction of sp³-hybridized carbons (Fsp3) is 0.600. The number of hydrogen-bond donors (Lipinski definition) is 1. The van der Waals surface area contributed by atoms with Gasteiger partial charge in [0.15, 0.2) is 0 Å². The minimum atomic E-state index is 0.431. The molecule has 0 spiro atoms. The molecule has 0 aromatic heterocycles. The van der Waals surface area contributed by atoms with Crippen LogP contribution in [-0.2, 0) is 0 Å². The zero-order chi connectivity index (χ0) is 12.4. The summed E-state index contributed by atoms with van der Waals surface area (Å²) in [6.07, 6.45) is 5.59. The molecule has 1 N–H and O–H groups in total. The van der Waals surface area contributed by atoms with E-state index in [0.717, 1.165) is 17.6 Å². The summed E-state index contributed by atoms with van der Waals surface area (Å²) in [7, 11) is 2.06. The van der Waals surface area contributed by atoms with Crippen LogP contribution in [0, 0.1) is 0 Å². The third kappa shape index (κ3) is 2.39. The van der Waals surface area contributed by atoms with Gasteiger partial charge in [0.2, 0.25) is 0 Å². The van der Waals surface area contributed by atoms with E-state index in [1.54, 1.807) is 0 Å². The molecule has 1 aromatic rings. The summed E-state index contributed by atoms with van der Waals surface area (Å²) in [5.41, 5.74) is 1.32. The van der Waals surface area contributed by atoms with Crippen molar-refractivity contribution in [1.29, 1.82) is 0 Å². The average molecular weight is 263 g/mol. The lowest BCUT2D eigenvalue weighted by atomic mass is 10.0. The summed E-state index contributed by atoms with van der Waals surface area (Å²) in [5.74, 6) is 1.06. The summed E-state index contributed by atoms with van der Waals surface area (Å²) in [4.78, 5) is 0. The predicted octanol–water partition coefficient (Wildman–Crippen LogP) is 3.38. The maximum Gasteiger partial charge on any atom is 0.124 e. The molecule has 2 aliphatic rings. The quantitative estimate of drug-likeness (QED) is 0.903. The van der Waals surface area contributed by atoms with Crippen LogP contribution in [-0.4, -0.2) is 24.2 Å². The Morgan fingerprint density at radius 2 is 2.00 bits per heavy atom. The van der Waals surface area contributed by atoms with E-state index < -0.39 is 0 Å². The SMILES string of the molecule is CNC1c2ccccc2OCC1SC1CCCC1. The van der Waals surface area contributed by atoms with Gasteiger partial charge in [0.1, 0.15) is 12.4 Å². The molecule has 18 heavy (non-hydrogen) atoms. The largest absolute Gasteiger partial charge is 0.492 e. The number of hydrogen-bond acceptors (Lipinski definition) is 3. The van der Waals surface area contributed by atoms with Crippen LogP contribution in [0.5, 0.6) is 5.75 Å². The summed E-state index contributed by atoms with van der Waals surface area (Å²) >= 11 is 2.14. The van der Waals surface area contributed by atoms with Crippen molar-refractivity contribution in [1.82, 2.24) is 5.32 Å². The lowest BCUT2D eigenvalue weighted by Gasteiger charge is -2.34. The fourth-order valence-electron chi connectivity index (χ4n) is 3.07. The van der Waals surface area contributed by atoms with E-state index in [-0.39, 0.29) is 0 Å². The van der Waals surface area contributed by atoms with Crippen molar-refractivity contribution in [2.45, 2.75) is 42.2 Å². The molecule has 0 radical (unpaired) electrons. The number of fused-ring (bicyclic) bond motifs is 1. The molecule has 0 bridgehead atoms. The number of rotatable bonds is 3. The van der Waals surface area contributed by atoms with Gasteiger partial charge in [-0.05, 0) is 26.0 Å². The van der Waals surface area contributed by atoms with Gasteiger partial charge in [-0.15, -0.1) is 11.8 Å². The van der Waals surface area contributed by atoms with Crippen LogP contribution in [0.3, 0.4) is 0 Å². The van der Waals surface area contributed by atoms with E-state index in [0.29, 0.717) is 11.3 Å². The monoisotopic (exact) mass is 263 g/mol. The molecule has 2 unspecified atom stereocenters. The molecule has 3 heteroatoms. The predicted molar refractivity (Wildman–Crippen MR) is 77.4 cm³/mol. The zero-order valence-corrected chi connectivity index (χ0v) is 11.7. The standard InChI is InChI=1S/C15H21NOS/c1-16-15-12-8-4-5-9-13(12)17-10-14(15)18-11-6-2-3-7-11/h4-5,8-9,11,14-16H,2-3,6-7,10H2,1H3. The van der Waals surface area contributed by atoms with Gasteiger partial charge < -0.3 is 10.1 Å². The Balaban J connectivity index is 1.76. The highest BCUT2D eigenvalue weighted by Crippen LogP contribution is 2.41. The highest BCUT2D eigenvalue weighted by molar-refractivity contribution is 8.00. The number of benzene rings is 1. The first-order valence-corrected chi connectivity index (χ1v) is 7.87. The Labute approximate surface area is 113 Å². The molecule has 1 aliphatic heterocycles. The first-order chi connectivity index (χ1) is 8.88. The van der Waals surface area contributed by atoms with Gasteiger partial charge in [-0.1, -0.05) is 31.0 Å². The van der Waals surface area contributed by atoms with Crippen molar-refractivity contribution in [3.63, 3.8) is 0 Å². The number of ether oxygens (including phenoxy) is 1. The highest BCUT2D eigenvalue weighted by atomic mass is 32.2. The van der Waals surface area contributed by atoms with Gasteiger partial charge in [0.25, 0.3) is 0 Å². The second kappa shape index (κ2) is 5.54. The minimum absolute atomic E-state index is 0.431. The molecular weight excluding hydrogens is 242 g/mol. The number of nitrogens with one attached hydrogen (secondary N) is 1. The number of para-hydroxylation sites is 1. The molecular formula is C15H21NOS. The van der Waals surface area contributed by atoms with Crippen molar-refractivity contribution in [2.24, 2.45) is 0 Å². The molecule has 1 aromatic carbocycles. The third-order valence-electron chi connectivity index (χ3n) is 4.01. The molecule has 0 saturated heterocycles. The first-order valence-electron chi connectivity index (χ1n) is 6.93. The molecule has 2 atom stereocenters. The van der Waals surface area contributed by atoms with Gasteiger partial charge in [-0.25, -0.2) is 0 Å². The highest BCUT2D eigenvalue weighted by Gasteiger charge is 2.32. The van der Waals surface area contributed by atoms with Crippen LogP contribution in [0.15, 0.2) is 24.3 Å². The third-order valence-corrected chi connectivity index (χ3v) is 5.62. The van der Waals surface area contributed by atoms with Crippen LogP contribution < -0.4 is 10.1 Å². The maximum atomic E-state index is 5.92. The summed E-state index contributed by atoms with van der Waals surface area (Å²) in [6.45, 7) is 0.837. The van der Waals surface area contributed by atoms with Crippen LogP contribution >= 0.6 is 11.8 Å². The lowest BCUT2D eigenvalue weighted by Crippen LogP contribution is -2.36. The van der Waals surface area contributed by atoms with Gasteiger partial charge in [0.05, 0.1) is 11.3 Å². The van der Waals surface area contributed by atoms with E-state index >= 15 is 0 Å². The van der Waals surface area contributed by atoms with E-state index in [9.17, 15) is 0 Å². The Bertz CT molecular complexity index is 403. The average Bonchev–Trinajstić information content (AvgIpc) is 2.91. The Kier molecular flexibility index (Phi) is 3.80. The summed E-state index contributed by atoms with van der Waals surface area (Å²) in [5, 5.41) is 4.88. The molecule has 0 amide bonds. The first kappa shape index (κ1) is 12.4. The van der Waals surface area contributed by atoms with Crippen molar-refractivity contribution in [3.05, 3.63) is 29.8 Å². The van der Waals surface area contributed by atoms with E-state index in [2.05, 4.69) is 48.4 Å². The molecule has 98 valence electrons. The van der Waals surface area contributed by atoms with Crippen LogP contribution in [0.25, 0.3) is 0 Å². The maximum absolute atomic E-state index is 5.92. The van der Waals surface area contributed by atoms with Gasteiger partial charge >= 0.3 is 0 Å². The Morgan fingerprint density at radius 1 is 1.22 bits per heavy atom. The second-order valence-electron chi connectivity index (χ2n) is 5.20. The Hall–Kier alpha value is -0.670. The van der Waals surface area contributed by atoms with Crippen LogP contribution in [0.4, 0.5) is 0 Å². The van der Waals surface area contributed by atoms with Crippen molar-refractivity contribution in [3.8, 4) is 5.75 Å². The van der Waals surface area contributed by atoms with Crippen molar-refractivity contribution in [2.75, 3.05) is 13.7 Å². The summed E-state index contributed by atoms with van der Waals surface area (Å²) in [6, 6.07) is 8.86. The molecule has 2 nitrogen and oxygen atoms in total. The van der Waals surface area contributed by atoms with E-state index in [4.69, 9.17) is 4.74 Å². The van der Waals surface area contributed by atoms with Crippen molar-refractivity contribution >= 4 is 11.8 Å². The Morgan fingerprint density at radius 3 is 2.78 bits per heavy atom. The van der Waals surface area contributed by atoms with Crippen molar-refractivity contribution < 1.29 is 4.74 Å². The van der Waals surface area contributed by atoms with Crippen LogP contribution in [0.2, 0.25) is 0 Å². The van der Waals surface area contributed by atoms with E-state index in [1.165, 1.54) is 31.2 Å². The lowest BCUT2D eigenvalue weighted by molar-refractivity contribution is 0.264. The topological polar surface area (TPSA) is 21.3 Å². The molecule has 1 heterocycles. The minimum Gasteiger partial charge on any atom is -0.492 e. The zero-order valence-electron chi connectivity index (χ0n) is 10.9. The van der Waals surface area contributed by atoms with Gasteiger partial charge in [0, 0.05) is 10.8 Å². The summed E-state index contributed by atoms with van der Waals surface area (Å²) < 4.78 is 5.92. The van der Waals surface area contributed by atoms with Gasteiger partial charge in [-0.3, -0.25) is 0 Å². The van der Waals surface area contributed by atoms with E-state index in [1.807, 2.05) is 0 Å². The second-order valence-corrected chi connectivity index (χ2v) is 6.74. The normalized spacial score (nSPS) is 27.8. The molecule has 1 fully saturated rings. The fourth-order valence-corrected chi connectivity index (χ4v) is 4.75. The number of thioether (sulfide) groups is 1. The molecule has 1 aliphatic carbocycles. The van der Waals surface area contributed by atoms with Gasteiger partial charge in [-0.2, -0.15) is 0 Å². The smallest absolute Gasteiger partial charge is 0.124 e. The molecule has 1 saturated carbocycles.